The van der Waals surface area contributed by atoms with Gasteiger partial charge in [-0.2, -0.15) is 5.10 Å². The molecule has 3 rings (SSSR count). The predicted molar refractivity (Wildman–Crippen MR) is 79.2 cm³/mol. The number of carbonyl (C=O) groups excluding carboxylic acids is 1. The van der Waals surface area contributed by atoms with Gasteiger partial charge in [0.25, 0.3) is 5.91 Å². The van der Waals surface area contributed by atoms with Crippen LogP contribution < -0.4 is 0 Å². The van der Waals surface area contributed by atoms with Crippen LogP contribution in [0.25, 0.3) is 0 Å². The Morgan fingerprint density at radius 1 is 1.48 bits per heavy atom. The van der Waals surface area contributed by atoms with Crippen LogP contribution in [-0.2, 0) is 4.74 Å². The van der Waals surface area contributed by atoms with Crippen molar-refractivity contribution in [1.82, 2.24) is 20.0 Å². The fraction of sp³-hybridized carbons (Fsp3) is 0.733. The Kier molecular flexibility index (Phi) is 4.26. The number of amides is 1. The highest BCUT2D eigenvalue weighted by molar-refractivity contribution is 5.95. The van der Waals surface area contributed by atoms with E-state index in [4.69, 9.17) is 4.74 Å². The second-order valence-corrected chi connectivity index (χ2v) is 6.12. The summed E-state index contributed by atoms with van der Waals surface area (Å²) in [5, 5.41) is 6.81. The number of aromatic amines is 1. The van der Waals surface area contributed by atoms with Crippen LogP contribution >= 0.6 is 0 Å². The number of H-pyrrole nitrogens is 1. The van der Waals surface area contributed by atoms with Gasteiger partial charge in [0, 0.05) is 31.9 Å². The van der Waals surface area contributed by atoms with Gasteiger partial charge >= 0.3 is 0 Å². The summed E-state index contributed by atoms with van der Waals surface area (Å²) in [5.41, 5.74) is 1.51. The molecule has 2 aliphatic heterocycles. The predicted octanol–water partition coefficient (Wildman–Crippen LogP) is 1.04. The van der Waals surface area contributed by atoms with Crippen molar-refractivity contribution in [1.29, 1.82) is 0 Å². The van der Waals surface area contributed by atoms with Gasteiger partial charge in [0.1, 0.15) is 0 Å². The smallest absolute Gasteiger partial charge is 0.257 e. The number of hydrogen-bond acceptors (Lipinski definition) is 4. The lowest BCUT2D eigenvalue weighted by molar-refractivity contribution is 0.0669. The number of rotatable bonds is 4. The Hall–Kier alpha value is -1.40. The van der Waals surface area contributed by atoms with Crippen LogP contribution in [0.3, 0.4) is 0 Å². The summed E-state index contributed by atoms with van der Waals surface area (Å²) in [4.78, 5) is 17.2. The number of methoxy groups -OCH3 is 1. The van der Waals surface area contributed by atoms with Gasteiger partial charge in [-0.15, -0.1) is 0 Å². The quantitative estimate of drug-likeness (QED) is 0.901. The van der Waals surface area contributed by atoms with Gasteiger partial charge in [0.05, 0.1) is 17.9 Å². The number of hydrogen-bond donors (Lipinski definition) is 1. The van der Waals surface area contributed by atoms with Crippen molar-refractivity contribution in [2.24, 2.45) is 0 Å². The van der Waals surface area contributed by atoms with E-state index in [0.717, 1.165) is 31.7 Å². The van der Waals surface area contributed by atoms with Crippen LogP contribution in [-0.4, -0.2) is 71.3 Å². The van der Waals surface area contributed by atoms with Gasteiger partial charge in [-0.1, -0.05) is 0 Å². The van der Waals surface area contributed by atoms with Gasteiger partial charge in [0.15, 0.2) is 0 Å². The molecule has 0 spiro atoms. The van der Waals surface area contributed by atoms with E-state index in [9.17, 15) is 4.79 Å². The normalized spacial score (nSPS) is 26.7. The van der Waals surface area contributed by atoms with E-state index in [1.807, 2.05) is 11.8 Å². The third-order valence-electron chi connectivity index (χ3n) is 4.70. The number of carbonyl (C=O) groups is 1. The average Bonchev–Trinajstić information content (AvgIpc) is 3.19. The van der Waals surface area contributed by atoms with Crippen molar-refractivity contribution in [3.05, 3.63) is 17.5 Å². The lowest BCUT2D eigenvalue weighted by atomic mass is 10.1. The summed E-state index contributed by atoms with van der Waals surface area (Å²) >= 11 is 0. The summed E-state index contributed by atoms with van der Waals surface area (Å²) < 4.78 is 5.50. The molecule has 2 fully saturated rings. The van der Waals surface area contributed by atoms with Crippen LogP contribution in [0.15, 0.2) is 6.20 Å². The number of nitrogens with one attached hydrogen (secondary N) is 1. The molecule has 1 N–H and O–H groups in total. The zero-order valence-electron chi connectivity index (χ0n) is 12.8. The van der Waals surface area contributed by atoms with E-state index in [-0.39, 0.29) is 18.1 Å². The standard InChI is InChI=1S/C15H24N4O2/c1-11-14(8-16-17-11)15(20)19-10-13(21-2)7-12(19)9-18-5-3-4-6-18/h8,12-13H,3-7,9-10H2,1-2H3,(H,16,17)/t12-,13-/m0/s1. The summed E-state index contributed by atoms with van der Waals surface area (Å²) in [5.74, 6) is 0.0741. The van der Waals surface area contributed by atoms with Gasteiger partial charge in [0.2, 0.25) is 0 Å². The molecule has 3 heterocycles. The highest BCUT2D eigenvalue weighted by Crippen LogP contribution is 2.25. The number of nitrogens with zero attached hydrogens (tertiary/aromatic N) is 3. The molecule has 2 saturated heterocycles. The molecule has 21 heavy (non-hydrogen) atoms. The second kappa shape index (κ2) is 6.15. The van der Waals surface area contributed by atoms with Gasteiger partial charge < -0.3 is 14.5 Å². The van der Waals surface area contributed by atoms with E-state index < -0.39 is 0 Å². The van der Waals surface area contributed by atoms with Crippen molar-refractivity contribution in [2.45, 2.75) is 38.3 Å². The van der Waals surface area contributed by atoms with Crippen molar-refractivity contribution >= 4 is 5.91 Å². The Bertz CT molecular complexity index is 496. The van der Waals surface area contributed by atoms with Crippen molar-refractivity contribution in [3.8, 4) is 0 Å². The Morgan fingerprint density at radius 2 is 2.24 bits per heavy atom. The van der Waals surface area contributed by atoms with Crippen LogP contribution in [0.4, 0.5) is 0 Å². The summed E-state index contributed by atoms with van der Waals surface area (Å²) in [7, 11) is 1.73. The molecule has 0 bridgehead atoms. The molecule has 2 atom stereocenters. The average molecular weight is 292 g/mol. The topological polar surface area (TPSA) is 61.5 Å². The molecular weight excluding hydrogens is 268 g/mol. The van der Waals surface area contributed by atoms with Gasteiger partial charge in [-0.25, -0.2) is 0 Å². The molecule has 0 aliphatic carbocycles. The molecule has 116 valence electrons. The zero-order valence-corrected chi connectivity index (χ0v) is 12.8. The largest absolute Gasteiger partial charge is 0.380 e. The maximum atomic E-state index is 12.8. The first kappa shape index (κ1) is 14.5. The highest BCUT2D eigenvalue weighted by atomic mass is 16.5. The first-order chi connectivity index (χ1) is 10.2. The van der Waals surface area contributed by atoms with Crippen LogP contribution in [0.5, 0.6) is 0 Å². The van der Waals surface area contributed by atoms with Gasteiger partial charge in [-0.05, 0) is 39.3 Å². The van der Waals surface area contributed by atoms with Crippen LogP contribution in [0.1, 0.15) is 35.3 Å². The molecule has 6 heteroatoms. The number of aryl methyl sites for hydroxylation is 1. The Morgan fingerprint density at radius 3 is 2.86 bits per heavy atom. The molecule has 0 unspecified atom stereocenters. The third kappa shape index (κ3) is 2.96. The van der Waals surface area contributed by atoms with E-state index in [1.165, 1.54) is 12.8 Å². The molecule has 0 aromatic carbocycles. The van der Waals surface area contributed by atoms with Crippen molar-refractivity contribution in [2.75, 3.05) is 33.3 Å². The molecule has 0 saturated carbocycles. The first-order valence-electron chi connectivity index (χ1n) is 7.75. The maximum Gasteiger partial charge on any atom is 0.257 e. The molecule has 1 aromatic heterocycles. The first-order valence-corrected chi connectivity index (χ1v) is 7.75. The van der Waals surface area contributed by atoms with E-state index in [0.29, 0.717) is 12.1 Å². The number of ether oxygens (including phenoxy) is 1. The fourth-order valence-corrected chi connectivity index (χ4v) is 3.45. The number of aromatic nitrogens is 2. The number of likely N-dealkylation sites (tertiary alicyclic amines) is 2. The minimum absolute atomic E-state index is 0.0741. The monoisotopic (exact) mass is 292 g/mol. The zero-order chi connectivity index (χ0) is 14.8. The molecular formula is C15H24N4O2. The van der Waals surface area contributed by atoms with Gasteiger partial charge in [-0.3, -0.25) is 9.89 Å². The minimum atomic E-state index is 0.0741. The SMILES string of the molecule is CO[C@H]1C[C@@H](CN2CCCC2)N(C(=O)c2cn[nH]c2C)C1. The summed E-state index contributed by atoms with van der Waals surface area (Å²) in [6.07, 6.45) is 5.25. The summed E-state index contributed by atoms with van der Waals surface area (Å²) in [6, 6.07) is 0.245. The highest BCUT2D eigenvalue weighted by Gasteiger charge is 2.37. The van der Waals surface area contributed by atoms with E-state index >= 15 is 0 Å². The molecule has 6 nitrogen and oxygen atoms in total. The van der Waals surface area contributed by atoms with Crippen LogP contribution in [0, 0.1) is 6.92 Å². The van der Waals surface area contributed by atoms with Crippen molar-refractivity contribution in [3.63, 3.8) is 0 Å². The molecule has 0 radical (unpaired) electrons. The molecule has 1 aromatic rings. The third-order valence-corrected chi connectivity index (χ3v) is 4.70. The Balaban J connectivity index is 1.73. The second-order valence-electron chi connectivity index (χ2n) is 6.12. The van der Waals surface area contributed by atoms with E-state index in [2.05, 4.69) is 15.1 Å². The van der Waals surface area contributed by atoms with E-state index in [1.54, 1.807) is 13.3 Å². The van der Waals surface area contributed by atoms with Crippen molar-refractivity contribution < 1.29 is 9.53 Å². The summed E-state index contributed by atoms with van der Waals surface area (Å²) in [6.45, 7) is 5.84. The maximum absolute atomic E-state index is 12.8. The lowest BCUT2D eigenvalue weighted by Gasteiger charge is -2.28. The minimum Gasteiger partial charge on any atom is -0.380 e. The lowest BCUT2D eigenvalue weighted by Crippen LogP contribution is -2.42. The molecule has 1 amide bonds. The Labute approximate surface area is 125 Å². The molecule has 2 aliphatic rings. The van der Waals surface area contributed by atoms with Crippen LogP contribution in [0.2, 0.25) is 0 Å². The fourth-order valence-electron chi connectivity index (χ4n) is 3.45.